The molecule has 8 nitrogen and oxygen atoms in total. The van der Waals surface area contributed by atoms with Crippen molar-refractivity contribution < 1.29 is 13.2 Å². The van der Waals surface area contributed by atoms with Crippen molar-refractivity contribution in [2.24, 2.45) is 5.92 Å². The molecule has 1 N–H and O–H groups in total. The van der Waals surface area contributed by atoms with Crippen molar-refractivity contribution in [3.63, 3.8) is 0 Å². The number of para-hydroxylation sites is 2. The van der Waals surface area contributed by atoms with Gasteiger partial charge >= 0.3 is 5.69 Å². The van der Waals surface area contributed by atoms with Gasteiger partial charge in [0, 0.05) is 32.2 Å². The SMILES string of the molecule is O=C(C1CCCN(S(=O)(=O)c2cccs2)C1)N1CCC(n2c(=O)[nH]c3ccccc32)CC1. The summed E-state index contributed by atoms with van der Waals surface area (Å²) < 4.78 is 29.4. The molecule has 3 aromatic rings. The molecule has 1 atom stereocenters. The Kier molecular flexibility index (Phi) is 5.68. The fraction of sp³-hybridized carbons (Fsp3) is 0.455. The van der Waals surface area contributed by atoms with Crippen molar-refractivity contribution in [2.75, 3.05) is 26.2 Å². The van der Waals surface area contributed by atoms with E-state index in [0.29, 0.717) is 49.5 Å². The molecule has 1 aromatic carbocycles. The summed E-state index contributed by atoms with van der Waals surface area (Å²) in [4.78, 5) is 30.5. The van der Waals surface area contributed by atoms with E-state index in [2.05, 4.69) is 4.98 Å². The standard InChI is InChI=1S/C22H26N4O4S2/c27-21(16-5-3-11-25(15-16)32(29,30)20-8-4-14-31-20)24-12-9-17(10-13-24)26-19-7-2-1-6-18(19)23-22(26)28/h1-2,4,6-8,14,16-17H,3,5,9-13,15H2,(H,23,28). The highest BCUT2D eigenvalue weighted by atomic mass is 32.2. The maximum atomic E-state index is 13.2. The van der Waals surface area contributed by atoms with Gasteiger partial charge in [-0.05, 0) is 49.3 Å². The van der Waals surface area contributed by atoms with Gasteiger partial charge in [0.15, 0.2) is 0 Å². The molecule has 2 aliphatic heterocycles. The summed E-state index contributed by atoms with van der Waals surface area (Å²) in [7, 11) is -3.54. The number of carbonyl (C=O) groups excluding carboxylic acids is 1. The number of benzene rings is 1. The number of rotatable bonds is 4. The van der Waals surface area contributed by atoms with Crippen LogP contribution in [-0.2, 0) is 14.8 Å². The van der Waals surface area contributed by atoms with E-state index in [0.717, 1.165) is 11.0 Å². The third-order valence-electron chi connectivity index (χ3n) is 6.59. The Hall–Kier alpha value is -2.43. The lowest BCUT2D eigenvalue weighted by atomic mass is 9.96. The van der Waals surface area contributed by atoms with Crippen LogP contribution < -0.4 is 5.69 Å². The average Bonchev–Trinajstić information content (AvgIpc) is 3.47. The summed E-state index contributed by atoms with van der Waals surface area (Å²) >= 11 is 1.21. The lowest BCUT2D eigenvalue weighted by molar-refractivity contribution is -0.138. The molecule has 2 aromatic heterocycles. The number of thiophene rings is 1. The summed E-state index contributed by atoms with van der Waals surface area (Å²) in [5.74, 6) is -0.286. The largest absolute Gasteiger partial charge is 0.342 e. The number of nitrogens with zero attached hydrogens (tertiary/aromatic N) is 3. The summed E-state index contributed by atoms with van der Waals surface area (Å²) in [5.41, 5.74) is 1.60. The highest BCUT2D eigenvalue weighted by molar-refractivity contribution is 7.91. The third-order valence-corrected chi connectivity index (χ3v) is 9.83. The van der Waals surface area contributed by atoms with E-state index < -0.39 is 10.0 Å². The molecule has 4 heterocycles. The predicted molar refractivity (Wildman–Crippen MR) is 123 cm³/mol. The minimum absolute atomic E-state index is 0.0285. The minimum Gasteiger partial charge on any atom is -0.342 e. The number of imidazole rings is 1. The number of amides is 1. The van der Waals surface area contributed by atoms with Gasteiger partial charge in [-0.2, -0.15) is 4.31 Å². The summed E-state index contributed by atoms with van der Waals surface area (Å²) in [5, 5.41) is 1.75. The Morgan fingerprint density at radius 3 is 2.56 bits per heavy atom. The first kappa shape index (κ1) is 21.4. The fourth-order valence-corrected chi connectivity index (χ4v) is 7.61. The number of hydrogen-bond donors (Lipinski definition) is 1. The third kappa shape index (κ3) is 3.80. The molecule has 0 saturated carbocycles. The zero-order valence-electron chi connectivity index (χ0n) is 17.6. The van der Waals surface area contributed by atoms with Gasteiger partial charge in [-0.15, -0.1) is 11.3 Å². The Labute approximate surface area is 190 Å². The number of fused-ring (bicyclic) bond motifs is 1. The summed E-state index contributed by atoms with van der Waals surface area (Å²) in [6.45, 7) is 1.84. The Morgan fingerprint density at radius 2 is 1.81 bits per heavy atom. The Morgan fingerprint density at radius 1 is 1.03 bits per heavy atom. The van der Waals surface area contributed by atoms with E-state index in [4.69, 9.17) is 0 Å². The highest BCUT2D eigenvalue weighted by Crippen LogP contribution is 2.30. The van der Waals surface area contributed by atoms with E-state index in [-0.39, 0.29) is 30.1 Å². The molecule has 2 fully saturated rings. The molecule has 0 spiro atoms. The molecule has 1 amide bonds. The summed E-state index contributed by atoms with van der Waals surface area (Å²) in [6, 6.07) is 11.0. The molecule has 32 heavy (non-hydrogen) atoms. The Balaban J connectivity index is 1.25. The van der Waals surface area contributed by atoms with E-state index in [1.165, 1.54) is 15.6 Å². The molecule has 2 aliphatic rings. The average molecular weight is 475 g/mol. The van der Waals surface area contributed by atoms with E-state index in [9.17, 15) is 18.0 Å². The molecular weight excluding hydrogens is 448 g/mol. The molecule has 0 bridgehead atoms. The number of likely N-dealkylation sites (tertiary alicyclic amines) is 1. The molecule has 0 radical (unpaired) electrons. The van der Waals surface area contributed by atoms with Crippen LogP contribution in [0.15, 0.2) is 50.8 Å². The zero-order chi connectivity index (χ0) is 22.3. The first-order chi connectivity index (χ1) is 15.4. The maximum absolute atomic E-state index is 13.2. The monoisotopic (exact) mass is 474 g/mol. The number of piperidine rings is 2. The molecule has 10 heteroatoms. The molecule has 0 aliphatic carbocycles. The number of sulfonamides is 1. The number of H-pyrrole nitrogens is 1. The van der Waals surface area contributed by atoms with Gasteiger partial charge in [0.2, 0.25) is 5.91 Å². The van der Waals surface area contributed by atoms with Crippen molar-refractivity contribution in [2.45, 2.75) is 35.9 Å². The number of nitrogens with one attached hydrogen (secondary N) is 1. The van der Waals surface area contributed by atoms with Crippen LogP contribution in [-0.4, -0.2) is 59.3 Å². The van der Waals surface area contributed by atoms with Gasteiger partial charge in [0.1, 0.15) is 4.21 Å². The smallest absolute Gasteiger partial charge is 0.326 e. The van der Waals surface area contributed by atoms with E-state index in [1.54, 1.807) is 17.5 Å². The molecule has 2 saturated heterocycles. The van der Waals surface area contributed by atoms with Gasteiger partial charge in [-0.3, -0.25) is 9.36 Å². The van der Waals surface area contributed by atoms with E-state index in [1.807, 2.05) is 33.7 Å². The molecule has 5 rings (SSSR count). The van der Waals surface area contributed by atoms with Gasteiger partial charge in [0.05, 0.1) is 17.0 Å². The number of aromatic nitrogens is 2. The normalized spacial score (nSPS) is 21.2. The van der Waals surface area contributed by atoms with E-state index >= 15 is 0 Å². The van der Waals surface area contributed by atoms with Crippen LogP contribution in [0.25, 0.3) is 11.0 Å². The van der Waals surface area contributed by atoms with Crippen molar-refractivity contribution in [3.05, 3.63) is 52.3 Å². The second-order valence-corrected chi connectivity index (χ2v) is 11.6. The topological polar surface area (TPSA) is 95.5 Å². The van der Waals surface area contributed by atoms with Gasteiger partial charge < -0.3 is 9.88 Å². The lowest BCUT2D eigenvalue weighted by Gasteiger charge is -2.37. The number of carbonyl (C=O) groups is 1. The van der Waals surface area contributed by atoms with Crippen molar-refractivity contribution in [1.29, 1.82) is 0 Å². The van der Waals surface area contributed by atoms with Crippen LogP contribution in [0.1, 0.15) is 31.7 Å². The van der Waals surface area contributed by atoms with Crippen molar-refractivity contribution in [1.82, 2.24) is 18.8 Å². The first-order valence-electron chi connectivity index (χ1n) is 11.0. The van der Waals surface area contributed by atoms with Crippen LogP contribution in [0.3, 0.4) is 0 Å². The fourth-order valence-electron chi connectivity index (χ4n) is 4.94. The molecule has 170 valence electrons. The van der Waals surface area contributed by atoms with Gasteiger partial charge in [0.25, 0.3) is 10.0 Å². The summed E-state index contributed by atoms with van der Waals surface area (Å²) in [6.07, 6.45) is 2.80. The van der Waals surface area contributed by atoms with Crippen molar-refractivity contribution >= 4 is 38.3 Å². The van der Waals surface area contributed by atoms with Crippen LogP contribution in [0, 0.1) is 5.92 Å². The molecular formula is C22H26N4O4S2. The Bertz CT molecular complexity index is 1270. The van der Waals surface area contributed by atoms with Crippen molar-refractivity contribution in [3.8, 4) is 0 Å². The van der Waals surface area contributed by atoms with Crippen LogP contribution in [0.2, 0.25) is 0 Å². The van der Waals surface area contributed by atoms with Crippen LogP contribution >= 0.6 is 11.3 Å². The number of hydrogen-bond acceptors (Lipinski definition) is 5. The second kappa shape index (κ2) is 8.49. The van der Waals surface area contributed by atoms with Gasteiger partial charge in [-0.25, -0.2) is 13.2 Å². The highest BCUT2D eigenvalue weighted by Gasteiger charge is 2.36. The minimum atomic E-state index is -3.54. The predicted octanol–water partition coefficient (Wildman–Crippen LogP) is 2.66. The van der Waals surface area contributed by atoms with Crippen LogP contribution in [0.4, 0.5) is 0 Å². The lowest BCUT2D eigenvalue weighted by Crippen LogP contribution is -2.48. The second-order valence-electron chi connectivity index (χ2n) is 8.51. The zero-order valence-corrected chi connectivity index (χ0v) is 19.3. The number of aromatic amines is 1. The first-order valence-corrected chi connectivity index (χ1v) is 13.3. The quantitative estimate of drug-likeness (QED) is 0.629. The van der Waals surface area contributed by atoms with Gasteiger partial charge in [-0.1, -0.05) is 18.2 Å². The molecule has 1 unspecified atom stereocenters. The van der Waals surface area contributed by atoms with Crippen LogP contribution in [0.5, 0.6) is 0 Å². The maximum Gasteiger partial charge on any atom is 0.326 e.